The molecule has 0 saturated carbocycles. The molecule has 2 amide bonds. The predicted octanol–water partition coefficient (Wildman–Crippen LogP) is 0.132. The van der Waals surface area contributed by atoms with E-state index in [-0.39, 0.29) is 18.4 Å². The summed E-state index contributed by atoms with van der Waals surface area (Å²) in [6.07, 6.45) is 3.29. The molecule has 2 aliphatic rings. The minimum atomic E-state index is -0.411. The number of benzene rings is 1. The molecule has 140 valence electrons. The average Bonchev–Trinajstić information content (AvgIpc) is 3.25. The Hall–Kier alpha value is -4.02. The predicted molar refractivity (Wildman–Crippen MR) is 99.0 cm³/mol. The number of fused-ring (bicyclic) bond motifs is 1. The van der Waals surface area contributed by atoms with Crippen LogP contribution >= 0.6 is 0 Å². The van der Waals surface area contributed by atoms with Crippen molar-refractivity contribution in [3.63, 3.8) is 0 Å². The van der Waals surface area contributed by atoms with Crippen molar-refractivity contribution in [1.29, 1.82) is 0 Å². The van der Waals surface area contributed by atoms with Gasteiger partial charge in [0.15, 0.2) is 6.61 Å². The molecular weight excluding hydrogens is 364 g/mol. The van der Waals surface area contributed by atoms with Crippen molar-refractivity contribution in [3.8, 4) is 0 Å². The normalized spacial score (nSPS) is 16.9. The molecule has 5 rings (SSSR count). The van der Waals surface area contributed by atoms with Crippen molar-refractivity contribution >= 4 is 40.6 Å². The second kappa shape index (κ2) is 6.30. The van der Waals surface area contributed by atoms with E-state index in [1.165, 1.54) is 0 Å². The average molecular weight is 378 g/mol. The van der Waals surface area contributed by atoms with Crippen LogP contribution in [0.15, 0.2) is 35.6 Å². The highest BCUT2D eigenvalue weighted by Gasteiger charge is 2.29. The van der Waals surface area contributed by atoms with Gasteiger partial charge < -0.3 is 15.5 Å². The highest BCUT2D eigenvalue weighted by atomic mass is 16.7. The van der Waals surface area contributed by atoms with E-state index < -0.39 is 5.91 Å². The van der Waals surface area contributed by atoms with Gasteiger partial charge in [-0.2, -0.15) is 5.10 Å². The second-order valence-corrected chi connectivity index (χ2v) is 6.32. The van der Waals surface area contributed by atoms with Crippen molar-refractivity contribution in [2.75, 3.05) is 23.8 Å². The van der Waals surface area contributed by atoms with Gasteiger partial charge in [-0.15, -0.1) is 5.10 Å². The number of amides is 2. The Morgan fingerprint density at radius 1 is 1.39 bits per heavy atom. The van der Waals surface area contributed by atoms with Gasteiger partial charge in [0.2, 0.25) is 5.65 Å². The molecule has 0 bridgehead atoms. The third-order valence-electron chi connectivity index (χ3n) is 4.51. The molecule has 0 radical (unpaired) electrons. The smallest absolute Gasteiger partial charge is 0.271 e. The molecule has 2 aromatic heterocycles. The van der Waals surface area contributed by atoms with E-state index in [2.05, 4.69) is 36.5 Å². The van der Waals surface area contributed by atoms with Crippen LogP contribution in [0.2, 0.25) is 0 Å². The number of carbonyl (C=O) groups excluding carboxylic acids is 2. The molecular formula is C17H14N8O3. The van der Waals surface area contributed by atoms with Crippen LogP contribution in [-0.4, -0.2) is 51.3 Å². The lowest BCUT2D eigenvalue weighted by molar-refractivity contribution is -0.121. The summed E-state index contributed by atoms with van der Waals surface area (Å²) in [5, 5.41) is 17.6. The molecule has 28 heavy (non-hydrogen) atoms. The number of hydrogen-bond donors (Lipinski definition) is 3. The number of rotatable bonds is 4. The third-order valence-corrected chi connectivity index (χ3v) is 4.51. The molecule has 1 unspecified atom stereocenters. The van der Waals surface area contributed by atoms with E-state index in [9.17, 15) is 9.59 Å². The van der Waals surface area contributed by atoms with Gasteiger partial charge >= 0.3 is 0 Å². The quantitative estimate of drug-likeness (QED) is 0.587. The maximum Gasteiger partial charge on any atom is 0.271 e. The lowest BCUT2D eigenvalue weighted by Crippen LogP contribution is -2.26. The Morgan fingerprint density at radius 3 is 3.25 bits per heavy atom. The Bertz CT molecular complexity index is 1140. The summed E-state index contributed by atoms with van der Waals surface area (Å²) in [7, 11) is 0. The molecule has 0 fully saturated rings. The van der Waals surface area contributed by atoms with Gasteiger partial charge in [-0.25, -0.2) is 10.4 Å². The standard InChI is InChI=1S/C17H14N8O3/c26-14(8-28-25-16-12(22-24-25)2-1-3-18-16)21-10-4-11-15-9(6-19-13(15)5-10)7-20-23-17(11)27/h1-5,7,9,19H,6,8H2,(H,21,26)(H,23,27). The number of nitrogens with one attached hydrogen (secondary N) is 3. The summed E-state index contributed by atoms with van der Waals surface area (Å²) in [5.74, 6) is -0.706. The first-order valence-corrected chi connectivity index (χ1v) is 8.54. The Morgan fingerprint density at radius 2 is 2.32 bits per heavy atom. The molecule has 1 atom stereocenters. The lowest BCUT2D eigenvalue weighted by Gasteiger charge is -2.12. The van der Waals surface area contributed by atoms with Gasteiger partial charge in [0.1, 0.15) is 5.52 Å². The molecule has 3 aromatic rings. The fourth-order valence-corrected chi connectivity index (χ4v) is 3.30. The lowest BCUT2D eigenvalue weighted by atomic mass is 9.96. The summed E-state index contributed by atoms with van der Waals surface area (Å²) in [5.41, 5.74) is 6.09. The molecule has 1 aromatic carbocycles. The first kappa shape index (κ1) is 16.2. The summed E-state index contributed by atoms with van der Waals surface area (Å²) in [4.78, 5) is 35.1. The highest BCUT2D eigenvalue weighted by Crippen LogP contribution is 2.37. The number of hydrogen-bond acceptors (Lipinski definition) is 8. The Kier molecular flexibility index (Phi) is 3.64. The molecule has 2 aliphatic heterocycles. The van der Waals surface area contributed by atoms with Crippen LogP contribution in [0.3, 0.4) is 0 Å². The van der Waals surface area contributed by atoms with Gasteiger partial charge in [-0.1, -0.05) is 4.85 Å². The number of hydrazone groups is 1. The molecule has 11 heteroatoms. The van der Waals surface area contributed by atoms with Crippen molar-refractivity contribution < 1.29 is 14.4 Å². The summed E-state index contributed by atoms with van der Waals surface area (Å²) in [6, 6.07) is 6.89. The first-order valence-electron chi connectivity index (χ1n) is 8.54. The minimum Gasteiger partial charge on any atom is -0.384 e. The number of carbonyl (C=O) groups is 2. The van der Waals surface area contributed by atoms with Gasteiger partial charge in [-0.3, -0.25) is 9.59 Å². The van der Waals surface area contributed by atoms with Crippen molar-refractivity contribution in [2.24, 2.45) is 5.10 Å². The number of nitrogens with zero attached hydrogens (tertiary/aromatic N) is 5. The molecule has 0 aliphatic carbocycles. The monoisotopic (exact) mass is 378 g/mol. The van der Waals surface area contributed by atoms with Crippen LogP contribution in [0.4, 0.5) is 11.4 Å². The van der Waals surface area contributed by atoms with Crippen molar-refractivity contribution in [1.82, 2.24) is 25.6 Å². The number of aromatic nitrogens is 4. The highest BCUT2D eigenvalue weighted by molar-refractivity contribution is 6.03. The zero-order chi connectivity index (χ0) is 19.1. The fraction of sp³-hybridized carbons (Fsp3) is 0.176. The van der Waals surface area contributed by atoms with Crippen LogP contribution < -0.4 is 20.9 Å². The van der Waals surface area contributed by atoms with Crippen LogP contribution in [0.5, 0.6) is 0 Å². The zero-order valence-electron chi connectivity index (χ0n) is 14.4. The molecule has 3 N–H and O–H groups in total. The fourth-order valence-electron chi connectivity index (χ4n) is 3.30. The Labute approximate surface area is 157 Å². The maximum atomic E-state index is 12.3. The number of pyridine rings is 1. The van der Waals surface area contributed by atoms with E-state index in [0.717, 1.165) is 16.1 Å². The topological polar surface area (TPSA) is 135 Å². The SMILES string of the molecule is O=C(COn1nnc2cccnc21)Nc1cc2c3c(c1)C(=O)NN=CC3CN2. The van der Waals surface area contributed by atoms with Gasteiger partial charge in [-0.05, 0) is 35.0 Å². The van der Waals surface area contributed by atoms with E-state index in [4.69, 9.17) is 4.84 Å². The maximum absolute atomic E-state index is 12.3. The van der Waals surface area contributed by atoms with E-state index in [1.807, 2.05) is 0 Å². The van der Waals surface area contributed by atoms with Gasteiger partial charge in [0.05, 0.1) is 0 Å². The van der Waals surface area contributed by atoms with E-state index in [1.54, 1.807) is 36.7 Å². The zero-order valence-corrected chi connectivity index (χ0v) is 14.4. The summed E-state index contributed by atoms with van der Waals surface area (Å²) < 4.78 is 0. The first-order chi connectivity index (χ1) is 13.7. The molecule has 0 saturated heterocycles. The minimum absolute atomic E-state index is 0.0186. The van der Waals surface area contributed by atoms with Gasteiger partial charge in [0.25, 0.3) is 11.8 Å². The summed E-state index contributed by atoms with van der Waals surface area (Å²) in [6.45, 7) is 0.348. The van der Waals surface area contributed by atoms with Crippen LogP contribution in [0.25, 0.3) is 11.2 Å². The number of anilines is 2. The molecule has 11 nitrogen and oxygen atoms in total. The second-order valence-electron chi connectivity index (χ2n) is 6.32. The molecule has 0 spiro atoms. The summed E-state index contributed by atoms with van der Waals surface area (Å²) >= 11 is 0. The largest absolute Gasteiger partial charge is 0.384 e. The van der Waals surface area contributed by atoms with Gasteiger partial charge in [0, 0.05) is 41.8 Å². The third kappa shape index (κ3) is 2.69. The van der Waals surface area contributed by atoms with Crippen molar-refractivity contribution in [2.45, 2.75) is 5.92 Å². The molecule has 4 heterocycles. The van der Waals surface area contributed by atoms with Crippen LogP contribution in [-0.2, 0) is 4.79 Å². The van der Waals surface area contributed by atoms with E-state index in [0.29, 0.717) is 29.0 Å². The van der Waals surface area contributed by atoms with Crippen LogP contribution in [0, 0.1) is 0 Å². The van der Waals surface area contributed by atoms with E-state index >= 15 is 0 Å². The Balaban J connectivity index is 1.33. The van der Waals surface area contributed by atoms with Crippen LogP contribution in [0.1, 0.15) is 21.8 Å². The van der Waals surface area contributed by atoms with Crippen molar-refractivity contribution in [3.05, 3.63) is 41.6 Å².